The minimum atomic E-state index is -0.170. The Morgan fingerprint density at radius 1 is 1.29 bits per heavy atom. The lowest BCUT2D eigenvalue weighted by atomic mass is 10.0. The summed E-state index contributed by atoms with van der Waals surface area (Å²) in [4.78, 5) is 18.2. The van der Waals surface area contributed by atoms with Crippen LogP contribution in [0.1, 0.15) is 18.1 Å². The Hall–Kier alpha value is -2.95. The molecule has 2 aromatic carbocycles. The zero-order valence-electron chi connectivity index (χ0n) is 15.9. The van der Waals surface area contributed by atoms with Gasteiger partial charge in [0.25, 0.3) is 0 Å². The van der Waals surface area contributed by atoms with Gasteiger partial charge < -0.3 is 15.5 Å². The van der Waals surface area contributed by atoms with Gasteiger partial charge in [-0.05, 0) is 50.0 Å². The van der Waals surface area contributed by atoms with Crippen LogP contribution >= 0.6 is 15.9 Å². The van der Waals surface area contributed by atoms with E-state index in [1.165, 1.54) is 13.1 Å². The van der Waals surface area contributed by atoms with Gasteiger partial charge in [0.05, 0.1) is 22.5 Å². The Balaban J connectivity index is 2.24. The molecule has 0 aliphatic heterocycles. The number of carbonyl (C=O) groups excluding carboxylic acids is 1. The summed E-state index contributed by atoms with van der Waals surface area (Å²) in [6.45, 7) is 2.16. The first kappa shape index (κ1) is 19.8. The standard InChI is InChI=1S/C21H20BrN5O/c1-13(28)25-19-8-14(12-27(2)3)7-18-20(15(10-23)11-24-21(18)19)26-17-6-4-5-16(22)9-17/h4-9,11H,12H2,1-3H3,(H,24,26)(H,25,28). The van der Waals surface area contributed by atoms with Gasteiger partial charge in [0.1, 0.15) is 6.07 Å². The third-order valence-electron chi connectivity index (χ3n) is 4.06. The van der Waals surface area contributed by atoms with E-state index >= 15 is 0 Å². The molecule has 7 heteroatoms. The number of hydrogen-bond donors (Lipinski definition) is 2. The Bertz CT molecular complexity index is 1090. The van der Waals surface area contributed by atoms with E-state index in [0.29, 0.717) is 29.0 Å². The number of hydrogen-bond acceptors (Lipinski definition) is 5. The number of nitriles is 1. The van der Waals surface area contributed by atoms with Crippen LogP contribution in [0.3, 0.4) is 0 Å². The first-order chi connectivity index (χ1) is 13.4. The molecule has 28 heavy (non-hydrogen) atoms. The highest BCUT2D eigenvalue weighted by atomic mass is 79.9. The normalized spacial score (nSPS) is 10.7. The molecule has 3 aromatic rings. The number of rotatable bonds is 5. The largest absolute Gasteiger partial charge is 0.354 e. The molecule has 2 N–H and O–H groups in total. The van der Waals surface area contributed by atoms with Crippen molar-refractivity contribution in [3.63, 3.8) is 0 Å². The summed E-state index contributed by atoms with van der Waals surface area (Å²) in [6, 6.07) is 13.9. The topological polar surface area (TPSA) is 81.0 Å². The Labute approximate surface area is 172 Å². The third-order valence-corrected chi connectivity index (χ3v) is 4.55. The second-order valence-electron chi connectivity index (χ2n) is 6.75. The fourth-order valence-electron chi connectivity index (χ4n) is 3.03. The van der Waals surface area contributed by atoms with E-state index in [4.69, 9.17) is 0 Å². The second kappa shape index (κ2) is 8.38. The third kappa shape index (κ3) is 4.47. The van der Waals surface area contributed by atoms with Gasteiger partial charge in [-0.25, -0.2) is 0 Å². The predicted molar refractivity (Wildman–Crippen MR) is 116 cm³/mol. The van der Waals surface area contributed by atoms with E-state index in [-0.39, 0.29) is 5.91 Å². The van der Waals surface area contributed by atoms with Gasteiger partial charge >= 0.3 is 0 Å². The number of nitrogens with one attached hydrogen (secondary N) is 2. The van der Waals surface area contributed by atoms with Gasteiger partial charge in [0.2, 0.25) is 5.91 Å². The van der Waals surface area contributed by atoms with Gasteiger partial charge in [-0.1, -0.05) is 22.0 Å². The van der Waals surface area contributed by atoms with Crippen LogP contribution in [0, 0.1) is 11.3 Å². The highest BCUT2D eigenvalue weighted by molar-refractivity contribution is 9.10. The lowest BCUT2D eigenvalue weighted by molar-refractivity contribution is -0.114. The number of fused-ring (bicyclic) bond motifs is 1. The fourth-order valence-corrected chi connectivity index (χ4v) is 3.43. The number of anilines is 3. The average molecular weight is 438 g/mol. The molecule has 1 heterocycles. The van der Waals surface area contributed by atoms with Crippen molar-refractivity contribution in [1.82, 2.24) is 9.88 Å². The van der Waals surface area contributed by atoms with E-state index < -0.39 is 0 Å². The summed E-state index contributed by atoms with van der Waals surface area (Å²) < 4.78 is 0.932. The van der Waals surface area contributed by atoms with E-state index in [2.05, 4.69) is 37.6 Å². The maximum Gasteiger partial charge on any atom is 0.221 e. The number of aromatic nitrogens is 1. The molecule has 3 rings (SSSR count). The van der Waals surface area contributed by atoms with Crippen molar-refractivity contribution in [1.29, 1.82) is 5.26 Å². The molecule has 1 amide bonds. The Morgan fingerprint density at radius 3 is 2.71 bits per heavy atom. The molecule has 142 valence electrons. The summed E-state index contributed by atoms with van der Waals surface area (Å²) in [5, 5.41) is 16.6. The first-order valence-corrected chi connectivity index (χ1v) is 9.47. The van der Waals surface area contributed by atoms with Crippen LogP contribution in [0.4, 0.5) is 17.1 Å². The zero-order chi connectivity index (χ0) is 20.3. The lowest BCUT2D eigenvalue weighted by Gasteiger charge is -2.17. The number of pyridine rings is 1. The van der Waals surface area contributed by atoms with Crippen molar-refractivity contribution in [2.24, 2.45) is 0 Å². The summed E-state index contributed by atoms with van der Waals surface area (Å²) in [7, 11) is 3.96. The lowest BCUT2D eigenvalue weighted by Crippen LogP contribution is -2.12. The zero-order valence-corrected chi connectivity index (χ0v) is 17.5. The van der Waals surface area contributed by atoms with Gasteiger partial charge in [0.15, 0.2) is 0 Å². The van der Waals surface area contributed by atoms with E-state index in [9.17, 15) is 10.1 Å². The van der Waals surface area contributed by atoms with Crippen LogP contribution in [0.15, 0.2) is 47.1 Å². The molecule has 1 aromatic heterocycles. The second-order valence-corrected chi connectivity index (χ2v) is 7.67. The van der Waals surface area contributed by atoms with Crippen LogP contribution < -0.4 is 10.6 Å². The van der Waals surface area contributed by atoms with Gasteiger partial charge in [-0.15, -0.1) is 0 Å². The predicted octanol–water partition coefficient (Wildman–Crippen LogP) is 4.63. The number of benzene rings is 2. The van der Waals surface area contributed by atoms with Gasteiger partial charge in [0, 0.05) is 35.2 Å². The minimum absolute atomic E-state index is 0.170. The number of amides is 1. The molecule has 0 fully saturated rings. The van der Waals surface area contributed by atoms with Crippen molar-refractivity contribution in [2.75, 3.05) is 24.7 Å². The van der Waals surface area contributed by atoms with Gasteiger partial charge in [-0.3, -0.25) is 9.78 Å². The smallest absolute Gasteiger partial charge is 0.221 e. The fraction of sp³-hybridized carbons (Fsp3) is 0.190. The van der Waals surface area contributed by atoms with Crippen LogP contribution in [-0.4, -0.2) is 29.9 Å². The average Bonchev–Trinajstić information content (AvgIpc) is 2.61. The highest BCUT2D eigenvalue weighted by Gasteiger charge is 2.15. The SMILES string of the molecule is CC(=O)Nc1cc(CN(C)C)cc2c(Nc3cccc(Br)c3)c(C#N)cnc12. The molecule has 6 nitrogen and oxygen atoms in total. The number of halogens is 1. The van der Waals surface area contributed by atoms with Crippen molar-refractivity contribution in [3.05, 3.63) is 58.2 Å². The first-order valence-electron chi connectivity index (χ1n) is 8.68. The molecule has 0 bridgehead atoms. The molecular weight excluding hydrogens is 418 g/mol. The van der Waals surface area contributed by atoms with E-state index in [0.717, 1.165) is 21.1 Å². The summed E-state index contributed by atoms with van der Waals surface area (Å²) in [6.07, 6.45) is 1.53. The van der Waals surface area contributed by atoms with E-state index in [1.807, 2.05) is 55.4 Å². The highest BCUT2D eigenvalue weighted by Crippen LogP contribution is 2.34. The van der Waals surface area contributed by atoms with Crippen molar-refractivity contribution < 1.29 is 4.79 Å². The quantitative estimate of drug-likeness (QED) is 0.607. The molecule has 0 radical (unpaired) electrons. The Kier molecular flexibility index (Phi) is 5.93. The van der Waals surface area contributed by atoms with Crippen molar-refractivity contribution in [3.8, 4) is 6.07 Å². The maximum atomic E-state index is 11.7. The van der Waals surface area contributed by atoms with Gasteiger partial charge in [-0.2, -0.15) is 5.26 Å². The molecule has 0 atom stereocenters. The number of nitrogens with zero attached hydrogens (tertiary/aromatic N) is 3. The monoisotopic (exact) mass is 437 g/mol. The molecule has 0 spiro atoms. The summed E-state index contributed by atoms with van der Waals surface area (Å²) >= 11 is 3.47. The van der Waals surface area contributed by atoms with Crippen LogP contribution in [0.5, 0.6) is 0 Å². The molecule has 0 aliphatic carbocycles. The number of carbonyl (C=O) groups is 1. The molecular formula is C21H20BrN5O. The van der Waals surface area contributed by atoms with Crippen LogP contribution in [-0.2, 0) is 11.3 Å². The molecule has 0 aliphatic rings. The van der Waals surface area contributed by atoms with Crippen molar-refractivity contribution >= 4 is 49.8 Å². The van der Waals surface area contributed by atoms with Crippen LogP contribution in [0.25, 0.3) is 10.9 Å². The van der Waals surface area contributed by atoms with Crippen molar-refractivity contribution in [2.45, 2.75) is 13.5 Å². The summed E-state index contributed by atoms with van der Waals surface area (Å²) in [5.41, 5.74) is 4.21. The van der Waals surface area contributed by atoms with E-state index in [1.54, 1.807) is 0 Å². The molecule has 0 unspecified atom stereocenters. The Morgan fingerprint density at radius 2 is 2.07 bits per heavy atom. The molecule has 0 saturated carbocycles. The maximum absolute atomic E-state index is 11.7. The minimum Gasteiger partial charge on any atom is -0.354 e. The van der Waals surface area contributed by atoms with Crippen LogP contribution in [0.2, 0.25) is 0 Å². The molecule has 0 saturated heterocycles. The summed E-state index contributed by atoms with van der Waals surface area (Å²) in [5.74, 6) is -0.170.